The minimum Gasteiger partial charge on any atom is -0.384 e. The first-order valence-electron chi connectivity index (χ1n) is 6.95. The molecule has 0 radical (unpaired) electrons. The number of nitrogens with one attached hydrogen (secondary N) is 2. The van der Waals surface area contributed by atoms with E-state index in [2.05, 4.69) is 17.6 Å². The minimum atomic E-state index is 0. The van der Waals surface area contributed by atoms with Gasteiger partial charge < -0.3 is 10.6 Å². The lowest BCUT2D eigenvalue weighted by atomic mass is 10.0. The highest BCUT2D eigenvalue weighted by molar-refractivity contribution is 8.00. The summed E-state index contributed by atoms with van der Waals surface area (Å²) < 4.78 is 0.230. The Labute approximate surface area is 130 Å². The summed E-state index contributed by atoms with van der Waals surface area (Å²) in [6.07, 6.45) is 3.48. The number of hydrogen-bond acceptors (Lipinski definition) is 3. The molecule has 2 heterocycles. The number of carbonyl (C=O) groups is 1. The number of halogens is 1. The van der Waals surface area contributed by atoms with E-state index in [0.717, 1.165) is 25.1 Å². The molecule has 0 spiro atoms. The van der Waals surface area contributed by atoms with E-state index in [0.29, 0.717) is 0 Å². The summed E-state index contributed by atoms with van der Waals surface area (Å²) in [4.78, 5) is 12.2. The monoisotopic (exact) mass is 312 g/mol. The molecule has 1 amide bonds. The molecule has 1 aromatic carbocycles. The van der Waals surface area contributed by atoms with E-state index in [1.807, 2.05) is 30.0 Å². The van der Waals surface area contributed by atoms with Crippen LogP contribution in [0.1, 0.15) is 35.7 Å². The maximum atomic E-state index is 12.2. The SMILES string of the molecule is CC1(CNC(=O)c2ccc3c(c2)CCN3)CCCS1.Cl. The maximum absolute atomic E-state index is 12.2. The molecule has 1 fully saturated rings. The summed E-state index contributed by atoms with van der Waals surface area (Å²) in [6.45, 7) is 4.00. The average Bonchev–Trinajstić information content (AvgIpc) is 3.04. The van der Waals surface area contributed by atoms with Gasteiger partial charge in [0.15, 0.2) is 0 Å². The zero-order valence-corrected chi connectivity index (χ0v) is 13.3. The molecular weight excluding hydrogens is 292 g/mol. The van der Waals surface area contributed by atoms with E-state index >= 15 is 0 Å². The van der Waals surface area contributed by atoms with Crippen LogP contribution in [-0.2, 0) is 6.42 Å². The van der Waals surface area contributed by atoms with E-state index in [-0.39, 0.29) is 23.1 Å². The van der Waals surface area contributed by atoms with Crippen LogP contribution >= 0.6 is 24.2 Å². The van der Waals surface area contributed by atoms with Crippen LogP contribution in [0.3, 0.4) is 0 Å². The number of fused-ring (bicyclic) bond motifs is 1. The molecular formula is C15H21ClN2OS. The molecule has 20 heavy (non-hydrogen) atoms. The third kappa shape index (κ3) is 3.23. The molecule has 3 nitrogen and oxygen atoms in total. The first kappa shape index (κ1) is 15.5. The van der Waals surface area contributed by atoms with Gasteiger partial charge in [-0.05, 0) is 55.7 Å². The Morgan fingerprint density at radius 3 is 3.10 bits per heavy atom. The second-order valence-electron chi connectivity index (χ2n) is 5.63. The van der Waals surface area contributed by atoms with Crippen LogP contribution in [0.15, 0.2) is 18.2 Å². The second kappa shape index (κ2) is 6.27. The van der Waals surface area contributed by atoms with Crippen LogP contribution in [0.4, 0.5) is 5.69 Å². The van der Waals surface area contributed by atoms with Gasteiger partial charge >= 0.3 is 0 Å². The van der Waals surface area contributed by atoms with Gasteiger partial charge in [-0.25, -0.2) is 0 Å². The Morgan fingerprint density at radius 2 is 2.35 bits per heavy atom. The number of carbonyl (C=O) groups excluding carboxylic acids is 1. The van der Waals surface area contributed by atoms with E-state index in [9.17, 15) is 4.79 Å². The van der Waals surface area contributed by atoms with Crippen molar-refractivity contribution in [3.8, 4) is 0 Å². The summed E-state index contributed by atoms with van der Waals surface area (Å²) in [5.41, 5.74) is 3.22. The lowest BCUT2D eigenvalue weighted by Crippen LogP contribution is -2.36. The number of amides is 1. The molecule has 0 saturated carbocycles. The Balaban J connectivity index is 0.00000147. The van der Waals surface area contributed by atoms with E-state index in [1.165, 1.54) is 29.8 Å². The van der Waals surface area contributed by atoms with Crippen LogP contribution < -0.4 is 10.6 Å². The largest absolute Gasteiger partial charge is 0.384 e. The number of hydrogen-bond donors (Lipinski definition) is 2. The average molecular weight is 313 g/mol. The van der Waals surface area contributed by atoms with Gasteiger partial charge in [0.1, 0.15) is 0 Å². The molecule has 110 valence electrons. The summed E-state index contributed by atoms with van der Waals surface area (Å²) in [5, 5.41) is 6.41. The molecule has 2 aliphatic rings. The zero-order chi connectivity index (χ0) is 13.3. The van der Waals surface area contributed by atoms with Crippen molar-refractivity contribution in [2.75, 3.05) is 24.2 Å². The van der Waals surface area contributed by atoms with E-state index in [1.54, 1.807) is 0 Å². The van der Waals surface area contributed by atoms with Crippen molar-refractivity contribution in [2.45, 2.75) is 30.9 Å². The molecule has 1 aromatic rings. The Hall–Kier alpha value is -0.870. The second-order valence-corrected chi connectivity index (χ2v) is 7.32. The molecule has 0 aromatic heterocycles. The maximum Gasteiger partial charge on any atom is 0.251 e. The number of thioether (sulfide) groups is 1. The fourth-order valence-electron chi connectivity index (χ4n) is 2.79. The number of benzene rings is 1. The van der Waals surface area contributed by atoms with E-state index in [4.69, 9.17) is 0 Å². The van der Waals surface area contributed by atoms with Gasteiger partial charge in [0.05, 0.1) is 0 Å². The molecule has 0 aliphatic carbocycles. The van der Waals surface area contributed by atoms with Crippen molar-refractivity contribution in [2.24, 2.45) is 0 Å². The molecule has 1 saturated heterocycles. The summed E-state index contributed by atoms with van der Waals surface area (Å²) in [6, 6.07) is 5.95. The lowest BCUT2D eigenvalue weighted by molar-refractivity contribution is 0.0950. The molecule has 2 aliphatic heterocycles. The van der Waals surface area contributed by atoms with Crippen molar-refractivity contribution in [3.05, 3.63) is 29.3 Å². The van der Waals surface area contributed by atoms with Gasteiger partial charge in [0, 0.05) is 29.1 Å². The van der Waals surface area contributed by atoms with Crippen LogP contribution in [0.5, 0.6) is 0 Å². The third-order valence-corrected chi connectivity index (χ3v) is 5.54. The van der Waals surface area contributed by atoms with Crippen LogP contribution in [-0.4, -0.2) is 29.5 Å². The predicted molar refractivity (Wildman–Crippen MR) is 88.3 cm³/mol. The normalized spacial score (nSPS) is 23.6. The van der Waals surface area contributed by atoms with Crippen molar-refractivity contribution < 1.29 is 4.79 Å². The number of anilines is 1. The lowest BCUT2D eigenvalue weighted by Gasteiger charge is -2.22. The highest BCUT2D eigenvalue weighted by Crippen LogP contribution is 2.37. The Bertz CT molecular complexity index is 501. The molecule has 0 bridgehead atoms. The van der Waals surface area contributed by atoms with Crippen molar-refractivity contribution >= 4 is 35.8 Å². The van der Waals surface area contributed by atoms with Gasteiger partial charge in [0.25, 0.3) is 5.91 Å². The van der Waals surface area contributed by atoms with Crippen LogP contribution in [0.25, 0.3) is 0 Å². The fraction of sp³-hybridized carbons (Fsp3) is 0.533. The molecule has 1 atom stereocenters. The van der Waals surface area contributed by atoms with Crippen molar-refractivity contribution in [1.82, 2.24) is 5.32 Å². The number of rotatable bonds is 3. The first-order valence-corrected chi connectivity index (χ1v) is 7.94. The van der Waals surface area contributed by atoms with E-state index < -0.39 is 0 Å². The predicted octanol–water partition coefficient (Wildman–Crippen LogP) is 3.09. The summed E-state index contributed by atoms with van der Waals surface area (Å²) in [5.74, 6) is 1.28. The summed E-state index contributed by atoms with van der Waals surface area (Å²) in [7, 11) is 0. The highest BCUT2D eigenvalue weighted by Gasteiger charge is 2.29. The smallest absolute Gasteiger partial charge is 0.251 e. The van der Waals surface area contributed by atoms with Gasteiger partial charge in [-0.2, -0.15) is 11.8 Å². The quantitative estimate of drug-likeness (QED) is 0.901. The first-order chi connectivity index (χ1) is 9.16. The van der Waals surface area contributed by atoms with Crippen molar-refractivity contribution in [1.29, 1.82) is 0 Å². The topological polar surface area (TPSA) is 41.1 Å². The molecule has 1 unspecified atom stereocenters. The highest BCUT2D eigenvalue weighted by atomic mass is 35.5. The standard InChI is InChI=1S/C15H20N2OS.ClH/c1-15(6-2-8-19-15)10-17-14(18)12-3-4-13-11(9-12)5-7-16-13;/h3-4,9,16H,2,5-8,10H2,1H3,(H,17,18);1H. The molecule has 5 heteroatoms. The van der Waals surface area contributed by atoms with Crippen LogP contribution in [0, 0.1) is 0 Å². The fourth-order valence-corrected chi connectivity index (χ4v) is 4.04. The zero-order valence-electron chi connectivity index (χ0n) is 11.7. The Morgan fingerprint density at radius 1 is 1.50 bits per heavy atom. The van der Waals surface area contributed by atoms with Gasteiger partial charge in [-0.15, -0.1) is 12.4 Å². The summed E-state index contributed by atoms with van der Waals surface area (Å²) >= 11 is 1.98. The molecule has 3 rings (SSSR count). The van der Waals surface area contributed by atoms with Gasteiger partial charge in [-0.3, -0.25) is 4.79 Å². The van der Waals surface area contributed by atoms with Crippen LogP contribution in [0.2, 0.25) is 0 Å². The molecule has 2 N–H and O–H groups in total. The van der Waals surface area contributed by atoms with Crippen molar-refractivity contribution in [3.63, 3.8) is 0 Å². The minimum absolute atomic E-state index is 0. The third-order valence-electron chi connectivity index (χ3n) is 4.00. The van der Waals surface area contributed by atoms with Gasteiger partial charge in [0.2, 0.25) is 0 Å². The Kier molecular flexibility index (Phi) is 4.86. The van der Waals surface area contributed by atoms with Gasteiger partial charge in [-0.1, -0.05) is 0 Å².